The van der Waals surface area contributed by atoms with Crippen molar-refractivity contribution in [2.45, 2.75) is 0 Å². The van der Waals surface area contributed by atoms with Crippen molar-refractivity contribution in [3.63, 3.8) is 0 Å². The Morgan fingerprint density at radius 3 is 2.91 bits per heavy atom. The number of phenols is 1. The number of phenolic OH excluding ortho intramolecular Hbond substituents is 1. The average molecular weight is 328 g/mol. The van der Waals surface area contributed by atoms with Gasteiger partial charge in [0.2, 0.25) is 0 Å². The number of benzene rings is 2. The molecule has 0 unspecified atom stereocenters. The molecule has 0 spiro atoms. The van der Waals surface area contributed by atoms with E-state index in [1.807, 2.05) is 34.2 Å². The molecule has 0 bridgehead atoms. The monoisotopic (exact) mass is 327 g/mol. The number of imidazole rings is 1. The largest absolute Gasteiger partial charge is 0.508 e. The Hall–Kier alpha value is -2.37. The van der Waals surface area contributed by atoms with Gasteiger partial charge in [0.15, 0.2) is 5.13 Å². The molecule has 0 atom stereocenters. The van der Waals surface area contributed by atoms with E-state index in [-0.39, 0.29) is 5.75 Å². The summed E-state index contributed by atoms with van der Waals surface area (Å²) in [6.07, 6.45) is 1.71. The van der Waals surface area contributed by atoms with Gasteiger partial charge in [-0.3, -0.25) is 4.57 Å². The number of hydrogen-bond acceptors (Lipinski definition) is 4. The first-order valence-electron chi connectivity index (χ1n) is 6.58. The third-order valence-electron chi connectivity index (χ3n) is 3.35. The van der Waals surface area contributed by atoms with Crippen LogP contribution in [0.25, 0.3) is 27.4 Å². The van der Waals surface area contributed by atoms with E-state index in [2.05, 4.69) is 9.97 Å². The van der Waals surface area contributed by atoms with E-state index in [0.717, 1.165) is 27.4 Å². The minimum absolute atomic E-state index is 0.209. The fraction of sp³-hybridized carbons (Fsp3) is 0. The third-order valence-corrected chi connectivity index (χ3v) is 4.42. The molecule has 0 amide bonds. The summed E-state index contributed by atoms with van der Waals surface area (Å²) in [6.45, 7) is 0. The van der Waals surface area contributed by atoms with E-state index in [4.69, 9.17) is 11.6 Å². The van der Waals surface area contributed by atoms with Crippen LogP contribution in [-0.2, 0) is 0 Å². The Balaban J connectivity index is 1.82. The van der Waals surface area contributed by atoms with Gasteiger partial charge >= 0.3 is 0 Å². The van der Waals surface area contributed by atoms with Crippen molar-refractivity contribution in [2.75, 3.05) is 0 Å². The Morgan fingerprint density at radius 2 is 2.05 bits per heavy atom. The molecule has 0 saturated carbocycles. The van der Waals surface area contributed by atoms with Crippen LogP contribution >= 0.6 is 22.9 Å². The van der Waals surface area contributed by atoms with Gasteiger partial charge in [-0.05, 0) is 24.3 Å². The molecule has 4 nitrogen and oxygen atoms in total. The number of aromatic nitrogens is 3. The summed E-state index contributed by atoms with van der Waals surface area (Å²) in [6, 6.07) is 12.7. The minimum atomic E-state index is 0.209. The molecule has 0 radical (unpaired) electrons. The molecular formula is C16H10ClN3OS. The quantitative estimate of drug-likeness (QED) is 0.589. The maximum Gasteiger partial charge on any atom is 0.195 e. The van der Waals surface area contributed by atoms with Crippen LogP contribution in [0.5, 0.6) is 5.75 Å². The molecule has 4 rings (SSSR count). The standard InChI is InChI=1S/C16H10ClN3OS/c17-11-3-1-2-10(6-11)14-8-22-16(19-14)20-9-18-13-5-4-12(21)7-15(13)20/h1-9,21H. The second-order valence-electron chi connectivity index (χ2n) is 4.81. The van der Waals surface area contributed by atoms with Crippen LogP contribution in [0.1, 0.15) is 0 Å². The fourth-order valence-corrected chi connectivity index (χ4v) is 3.31. The molecule has 1 N–H and O–H groups in total. The lowest BCUT2D eigenvalue weighted by Gasteiger charge is -2.00. The fourth-order valence-electron chi connectivity index (χ4n) is 2.30. The van der Waals surface area contributed by atoms with Crippen LogP contribution in [0.3, 0.4) is 0 Å². The van der Waals surface area contributed by atoms with Crippen LogP contribution in [0, 0.1) is 0 Å². The Labute approximate surface area is 135 Å². The van der Waals surface area contributed by atoms with Crippen molar-refractivity contribution in [2.24, 2.45) is 0 Å². The van der Waals surface area contributed by atoms with E-state index in [1.165, 1.54) is 11.3 Å². The van der Waals surface area contributed by atoms with Crippen LogP contribution in [-0.4, -0.2) is 19.6 Å². The van der Waals surface area contributed by atoms with Gasteiger partial charge in [-0.25, -0.2) is 9.97 Å². The van der Waals surface area contributed by atoms with E-state index < -0.39 is 0 Å². The van der Waals surface area contributed by atoms with Crippen molar-refractivity contribution in [3.8, 4) is 22.1 Å². The molecule has 0 fully saturated rings. The van der Waals surface area contributed by atoms with Gasteiger partial charge in [-0.2, -0.15) is 0 Å². The van der Waals surface area contributed by atoms with Crippen LogP contribution in [0.15, 0.2) is 54.2 Å². The van der Waals surface area contributed by atoms with Gasteiger partial charge in [-0.15, -0.1) is 11.3 Å². The van der Waals surface area contributed by atoms with Gasteiger partial charge in [0, 0.05) is 22.0 Å². The zero-order chi connectivity index (χ0) is 15.1. The molecule has 2 aromatic heterocycles. The number of fused-ring (bicyclic) bond motifs is 1. The molecule has 2 aromatic carbocycles. The molecule has 0 aliphatic heterocycles. The maximum absolute atomic E-state index is 9.66. The summed E-state index contributed by atoms with van der Waals surface area (Å²) in [7, 11) is 0. The van der Waals surface area contributed by atoms with E-state index in [9.17, 15) is 5.11 Å². The van der Waals surface area contributed by atoms with E-state index in [0.29, 0.717) is 5.02 Å². The molecule has 0 saturated heterocycles. The van der Waals surface area contributed by atoms with Crippen LogP contribution < -0.4 is 0 Å². The number of thiazole rings is 1. The summed E-state index contributed by atoms with van der Waals surface area (Å²) >= 11 is 7.55. The topological polar surface area (TPSA) is 50.9 Å². The highest BCUT2D eigenvalue weighted by atomic mass is 35.5. The molecule has 108 valence electrons. The van der Waals surface area contributed by atoms with Crippen molar-refractivity contribution in [3.05, 3.63) is 59.2 Å². The second kappa shape index (κ2) is 5.12. The number of halogens is 1. The maximum atomic E-state index is 9.66. The normalized spacial score (nSPS) is 11.1. The van der Waals surface area contributed by atoms with Crippen LogP contribution in [0.2, 0.25) is 5.02 Å². The zero-order valence-corrected chi connectivity index (χ0v) is 12.8. The molecule has 0 aliphatic carbocycles. The summed E-state index contributed by atoms with van der Waals surface area (Å²) in [4.78, 5) is 8.97. The summed E-state index contributed by atoms with van der Waals surface area (Å²) in [5, 5.41) is 13.1. The molecular weight excluding hydrogens is 318 g/mol. The first kappa shape index (κ1) is 13.3. The predicted octanol–water partition coefficient (Wildman–Crippen LogP) is 4.51. The average Bonchev–Trinajstić information content (AvgIpc) is 3.13. The number of aromatic hydroxyl groups is 1. The highest BCUT2D eigenvalue weighted by molar-refractivity contribution is 7.12. The van der Waals surface area contributed by atoms with E-state index >= 15 is 0 Å². The number of rotatable bonds is 2. The predicted molar refractivity (Wildman–Crippen MR) is 88.9 cm³/mol. The smallest absolute Gasteiger partial charge is 0.195 e. The van der Waals surface area contributed by atoms with Gasteiger partial charge in [0.1, 0.15) is 12.1 Å². The summed E-state index contributed by atoms with van der Waals surface area (Å²) < 4.78 is 1.87. The lowest BCUT2D eigenvalue weighted by molar-refractivity contribution is 0.476. The van der Waals surface area contributed by atoms with Crippen LogP contribution in [0.4, 0.5) is 0 Å². The second-order valence-corrected chi connectivity index (χ2v) is 6.09. The lowest BCUT2D eigenvalue weighted by Crippen LogP contribution is -1.91. The van der Waals surface area contributed by atoms with Gasteiger partial charge < -0.3 is 5.11 Å². The third kappa shape index (κ3) is 2.24. The SMILES string of the molecule is Oc1ccc2ncn(-c3nc(-c4cccc(Cl)c4)cs3)c2c1. The highest BCUT2D eigenvalue weighted by Crippen LogP contribution is 2.28. The molecule has 6 heteroatoms. The van der Waals surface area contributed by atoms with Gasteiger partial charge in [0.25, 0.3) is 0 Å². The molecule has 2 heterocycles. The Morgan fingerprint density at radius 1 is 1.14 bits per heavy atom. The first-order valence-corrected chi connectivity index (χ1v) is 7.84. The van der Waals surface area contributed by atoms with Crippen molar-refractivity contribution in [1.82, 2.24) is 14.5 Å². The highest BCUT2D eigenvalue weighted by Gasteiger charge is 2.10. The van der Waals surface area contributed by atoms with Crippen molar-refractivity contribution < 1.29 is 5.11 Å². The summed E-state index contributed by atoms with van der Waals surface area (Å²) in [5.41, 5.74) is 3.48. The Bertz CT molecular complexity index is 976. The van der Waals surface area contributed by atoms with E-state index in [1.54, 1.807) is 24.5 Å². The Kier molecular flexibility index (Phi) is 3.10. The van der Waals surface area contributed by atoms with Crippen molar-refractivity contribution in [1.29, 1.82) is 0 Å². The number of hydrogen-bond donors (Lipinski definition) is 1. The van der Waals surface area contributed by atoms with Gasteiger partial charge in [-0.1, -0.05) is 23.7 Å². The van der Waals surface area contributed by atoms with Gasteiger partial charge in [0.05, 0.1) is 16.7 Å². The number of nitrogens with zero attached hydrogens (tertiary/aromatic N) is 3. The lowest BCUT2D eigenvalue weighted by atomic mass is 10.2. The zero-order valence-electron chi connectivity index (χ0n) is 11.3. The molecule has 4 aromatic rings. The first-order chi connectivity index (χ1) is 10.7. The molecule has 22 heavy (non-hydrogen) atoms. The molecule has 0 aliphatic rings. The minimum Gasteiger partial charge on any atom is -0.508 e. The van der Waals surface area contributed by atoms with Crippen molar-refractivity contribution >= 4 is 34.0 Å². The summed E-state index contributed by atoms with van der Waals surface area (Å²) in [5.74, 6) is 0.209.